The molecule has 30 heavy (non-hydrogen) atoms. The Kier molecular flexibility index (Phi) is 4.73. The molecule has 2 amide bonds. The van der Waals surface area contributed by atoms with Crippen LogP contribution in [0.1, 0.15) is 38.8 Å². The molecule has 0 saturated heterocycles. The summed E-state index contributed by atoms with van der Waals surface area (Å²) in [5, 5.41) is 11.8. The summed E-state index contributed by atoms with van der Waals surface area (Å²) < 4.78 is 19.4. The van der Waals surface area contributed by atoms with Gasteiger partial charge in [-0.3, -0.25) is 14.4 Å². The van der Waals surface area contributed by atoms with E-state index in [2.05, 4.69) is 0 Å². The summed E-state index contributed by atoms with van der Waals surface area (Å²) in [5.74, 6) is -2.93. The first-order valence-electron chi connectivity index (χ1n) is 9.42. The number of halogens is 1. The van der Waals surface area contributed by atoms with Crippen molar-refractivity contribution >= 4 is 34.2 Å². The average Bonchev–Trinajstić information content (AvgIpc) is 2.98. The van der Waals surface area contributed by atoms with Crippen molar-refractivity contribution in [2.45, 2.75) is 20.3 Å². The van der Waals surface area contributed by atoms with Crippen molar-refractivity contribution in [3.8, 4) is 5.75 Å². The van der Waals surface area contributed by atoms with Gasteiger partial charge in [0.2, 0.25) is 0 Å². The number of phenols is 1. The standard InChI is InChI=1S/C23H18FNO5/c1-3-30-18(26)10-13-8-9-14(11-17(13)24)25-22(28)19-12(2)15-6-4-5-7-16(15)21(27)20(19)23(25)29/h4-9,11,27H,3,10H2,1-2H3. The third-order valence-electron chi connectivity index (χ3n) is 5.22. The molecule has 0 aromatic heterocycles. The monoisotopic (exact) mass is 407 g/mol. The minimum atomic E-state index is -0.733. The van der Waals surface area contributed by atoms with E-state index in [1.54, 1.807) is 38.1 Å². The summed E-state index contributed by atoms with van der Waals surface area (Å²) >= 11 is 0. The van der Waals surface area contributed by atoms with Crippen LogP contribution in [0.5, 0.6) is 5.75 Å². The molecular weight excluding hydrogens is 389 g/mol. The van der Waals surface area contributed by atoms with E-state index < -0.39 is 23.6 Å². The lowest BCUT2D eigenvalue weighted by Gasteiger charge is -2.15. The summed E-state index contributed by atoms with van der Waals surface area (Å²) in [6.07, 6.45) is -0.257. The van der Waals surface area contributed by atoms with Crippen LogP contribution in [0.4, 0.5) is 10.1 Å². The number of nitrogens with zero attached hydrogens (tertiary/aromatic N) is 1. The zero-order valence-electron chi connectivity index (χ0n) is 16.4. The van der Waals surface area contributed by atoms with Crippen LogP contribution < -0.4 is 4.90 Å². The Bertz CT molecular complexity index is 1170. The van der Waals surface area contributed by atoms with Crippen LogP contribution in [0.15, 0.2) is 42.5 Å². The van der Waals surface area contributed by atoms with Gasteiger partial charge >= 0.3 is 5.97 Å². The number of carbonyl (C=O) groups is 3. The highest BCUT2D eigenvalue weighted by Crippen LogP contribution is 2.41. The second kappa shape index (κ2) is 7.26. The van der Waals surface area contributed by atoms with Crippen LogP contribution >= 0.6 is 0 Å². The highest BCUT2D eigenvalue weighted by Gasteiger charge is 2.41. The maximum Gasteiger partial charge on any atom is 0.310 e. The number of hydrogen-bond acceptors (Lipinski definition) is 5. The third-order valence-corrected chi connectivity index (χ3v) is 5.22. The summed E-state index contributed by atoms with van der Waals surface area (Å²) in [7, 11) is 0. The Labute approximate surface area is 171 Å². The van der Waals surface area contributed by atoms with Gasteiger partial charge in [-0.25, -0.2) is 9.29 Å². The fraction of sp³-hybridized carbons (Fsp3) is 0.174. The number of ether oxygens (including phenoxy) is 1. The lowest BCUT2D eigenvalue weighted by molar-refractivity contribution is -0.142. The number of amides is 2. The predicted octanol–water partition coefficient (Wildman–Crippen LogP) is 3.90. The molecule has 0 fully saturated rings. The van der Waals surface area contributed by atoms with Gasteiger partial charge in [0.15, 0.2) is 0 Å². The minimum absolute atomic E-state index is 0.0224. The highest BCUT2D eigenvalue weighted by atomic mass is 19.1. The summed E-state index contributed by atoms with van der Waals surface area (Å²) in [6.45, 7) is 3.55. The summed E-state index contributed by atoms with van der Waals surface area (Å²) in [4.78, 5) is 38.6. The number of fused-ring (bicyclic) bond motifs is 2. The van der Waals surface area contributed by atoms with Gasteiger partial charge in [0.1, 0.15) is 11.6 Å². The van der Waals surface area contributed by atoms with Crippen molar-refractivity contribution in [3.63, 3.8) is 0 Å². The molecule has 3 aromatic carbocycles. The normalized spacial score (nSPS) is 13.1. The molecule has 1 heterocycles. The fourth-order valence-electron chi connectivity index (χ4n) is 3.80. The second-order valence-corrected chi connectivity index (χ2v) is 6.97. The number of benzene rings is 3. The quantitative estimate of drug-likeness (QED) is 0.524. The Balaban J connectivity index is 1.77. The molecule has 4 rings (SSSR count). The lowest BCUT2D eigenvalue weighted by atomic mass is 9.95. The van der Waals surface area contributed by atoms with E-state index in [1.165, 1.54) is 12.1 Å². The van der Waals surface area contributed by atoms with E-state index in [1.807, 2.05) is 0 Å². The van der Waals surface area contributed by atoms with Crippen molar-refractivity contribution in [2.24, 2.45) is 0 Å². The number of aromatic hydroxyl groups is 1. The second-order valence-electron chi connectivity index (χ2n) is 6.97. The molecule has 6 nitrogen and oxygen atoms in total. The molecule has 1 aliphatic rings. The number of aryl methyl sites for hydroxylation is 1. The molecule has 0 spiro atoms. The van der Waals surface area contributed by atoms with Gasteiger partial charge in [0.05, 0.1) is 29.8 Å². The van der Waals surface area contributed by atoms with Gasteiger partial charge in [0.25, 0.3) is 11.8 Å². The van der Waals surface area contributed by atoms with E-state index in [-0.39, 0.29) is 41.2 Å². The van der Waals surface area contributed by atoms with Crippen LogP contribution in [-0.2, 0) is 16.0 Å². The van der Waals surface area contributed by atoms with E-state index in [9.17, 15) is 23.9 Å². The van der Waals surface area contributed by atoms with Gasteiger partial charge in [-0.2, -0.15) is 0 Å². The number of hydrogen-bond donors (Lipinski definition) is 1. The van der Waals surface area contributed by atoms with Crippen molar-refractivity contribution in [2.75, 3.05) is 11.5 Å². The molecule has 1 aliphatic heterocycles. The summed E-state index contributed by atoms with van der Waals surface area (Å²) in [5.41, 5.74) is 0.700. The Morgan fingerprint density at radius 2 is 1.73 bits per heavy atom. The Morgan fingerprint density at radius 3 is 2.40 bits per heavy atom. The first-order chi connectivity index (χ1) is 14.3. The Morgan fingerprint density at radius 1 is 1.07 bits per heavy atom. The fourth-order valence-corrected chi connectivity index (χ4v) is 3.80. The Hall–Kier alpha value is -3.74. The van der Waals surface area contributed by atoms with Crippen LogP contribution in [0.3, 0.4) is 0 Å². The number of esters is 1. The smallest absolute Gasteiger partial charge is 0.310 e. The van der Waals surface area contributed by atoms with Gasteiger partial charge in [0, 0.05) is 5.39 Å². The molecular formula is C23H18FNO5. The average molecular weight is 407 g/mol. The number of imide groups is 1. The van der Waals surface area contributed by atoms with Crippen LogP contribution in [0.2, 0.25) is 0 Å². The molecule has 152 valence electrons. The van der Waals surface area contributed by atoms with E-state index in [4.69, 9.17) is 4.74 Å². The van der Waals surface area contributed by atoms with Crippen LogP contribution in [0, 0.1) is 12.7 Å². The van der Waals surface area contributed by atoms with E-state index >= 15 is 0 Å². The minimum Gasteiger partial charge on any atom is -0.506 e. The topological polar surface area (TPSA) is 83.9 Å². The molecule has 0 bridgehead atoms. The van der Waals surface area contributed by atoms with Crippen LogP contribution in [-0.4, -0.2) is 29.5 Å². The number of phenolic OH excluding ortho intramolecular Hbond substituents is 1. The lowest BCUT2D eigenvalue weighted by Crippen LogP contribution is -2.29. The summed E-state index contributed by atoms with van der Waals surface area (Å²) in [6, 6.07) is 10.7. The first kappa shape index (κ1) is 19.6. The predicted molar refractivity (Wildman–Crippen MR) is 108 cm³/mol. The molecule has 0 unspecified atom stereocenters. The molecule has 0 saturated carbocycles. The zero-order chi connectivity index (χ0) is 21.6. The van der Waals surface area contributed by atoms with Gasteiger partial charge in [-0.05, 0) is 42.5 Å². The maximum atomic E-state index is 14.6. The highest BCUT2D eigenvalue weighted by molar-refractivity contribution is 6.37. The molecule has 7 heteroatoms. The van der Waals surface area contributed by atoms with Gasteiger partial charge in [-0.1, -0.05) is 30.3 Å². The molecule has 0 radical (unpaired) electrons. The van der Waals surface area contributed by atoms with Gasteiger partial charge in [-0.15, -0.1) is 0 Å². The molecule has 0 aliphatic carbocycles. The number of rotatable bonds is 4. The van der Waals surface area contributed by atoms with Crippen molar-refractivity contribution in [3.05, 3.63) is 70.5 Å². The van der Waals surface area contributed by atoms with E-state index in [0.29, 0.717) is 16.3 Å². The third kappa shape index (κ3) is 2.90. The zero-order valence-corrected chi connectivity index (χ0v) is 16.4. The molecule has 0 atom stereocenters. The van der Waals surface area contributed by atoms with E-state index in [0.717, 1.165) is 11.0 Å². The van der Waals surface area contributed by atoms with Crippen LogP contribution in [0.25, 0.3) is 10.8 Å². The SMILES string of the molecule is CCOC(=O)Cc1ccc(N2C(=O)c3c(c(O)c4ccccc4c3C)C2=O)cc1F. The molecule has 1 N–H and O–H groups in total. The molecule has 3 aromatic rings. The largest absolute Gasteiger partial charge is 0.506 e. The number of anilines is 1. The van der Waals surface area contributed by atoms with Crippen molar-refractivity contribution in [1.82, 2.24) is 0 Å². The van der Waals surface area contributed by atoms with Crippen molar-refractivity contribution in [1.29, 1.82) is 0 Å². The van der Waals surface area contributed by atoms with Crippen molar-refractivity contribution < 1.29 is 28.6 Å². The van der Waals surface area contributed by atoms with Gasteiger partial charge < -0.3 is 9.84 Å². The maximum absolute atomic E-state index is 14.6. The number of carbonyl (C=O) groups excluding carboxylic acids is 3. The first-order valence-corrected chi connectivity index (χ1v) is 9.42.